The van der Waals surface area contributed by atoms with Crippen molar-refractivity contribution in [1.29, 1.82) is 0 Å². The summed E-state index contributed by atoms with van der Waals surface area (Å²) in [7, 11) is 0. The number of nitrogens with one attached hydrogen (secondary N) is 1. The third-order valence-corrected chi connectivity index (χ3v) is 6.14. The molecule has 11 nitrogen and oxygen atoms in total. The van der Waals surface area contributed by atoms with E-state index in [0.717, 1.165) is 6.07 Å². The third kappa shape index (κ3) is 7.93. The Kier molecular flexibility index (Phi) is 9.77. The fourth-order valence-electron chi connectivity index (χ4n) is 4.35. The maximum Gasteiger partial charge on any atom is 0.423 e. The van der Waals surface area contributed by atoms with E-state index < -0.39 is 64.3 Å². The fraction of sp³-hybridized carbons (Fsp3) is 0.448. The van der Waals surface area contributed by atoms with Crippen molar-refractivity contribution in [2.45, 2.75) is 71.6 Å². The molecule has 1 fully saturated rings. The molecule has 0 unspecified atom stereocenters. The quantitative estimate of drug-likeness (QED) is 0.279. The van der Waals surface area contributed by atoms with E-state index in [1.54, 1.807) is 77.3 Å². The molecule has 0 aromatic heterocycles. The first-order valence-corrected chi connectivity index (χ1v) is 13.4. The first-order valence-electron chi connectivity index (χ1n) is 13.4. The van der Waals surface area contributed by atoms with Gasteiger partial charge in [-0.15, -0.1) is 0 Å². The Balaban J connectivity index is 2.07. The van der Waals surface area contributed by atoms with Crippen molar-refractivity contribution in [3.63, 3.8) is 0 Å². The van der Waals surface area contributed by atoms with Gasteiger partial charge in [0.1, 0.15) is 17.0 Å². The third-order valence-electron chi connectivity index (χ3n) is 6.14. The van der Waals surface area contributed by atoms with Crippen LogP contribution in [0.2, 0.25) is 0 Å². The molecule has 1 heterocycles. The molecule has 0 radical (unpaired) electrons. The number of halogens is 2. The van der Waals surface area contributed by atoms with Crippen molar-refractivity contribution in [1.82, 2.24) is 10.3 Å². The molecule has 5 amide bonds. The molecule has 228 valence electrons. The van der Waals surface area contributed by atoms with Crippen LogP contribution in [0, 0.1) is 11.6 Å². The average Bonchev–Trinajstić information content (AvgIpc) is 2.89. The van der Waals surface area contributed by atoms with Gasteiger partial charge in [-0.2, -0.15) is 4.90 Å². The normalized spacial score (nSPS) is 14.2. The number of anilines is 2. The molecule has 13 heteroatoms. The second-order valence-electron chi connectivity index (χ2n) is 11.8. The number of hydrogen-bond donors (Lipinski definition) is 2. The Hall–Kier alpha value is -4.26. The highest BCUT2D eigenvalue weighted by Crippen LogP contribution is 2.31. The van der Waals surface area contributed by atoms with Gasteiger partial charge in [0.15, 0.2) is 5.82 Å². The van der Waals surface area contributed by atoms with Gasteiger partial charge in [0.2, 0.25) is 0 Å². The van der Waals surface area contributed by atoms with Gasteiger partial charge < -0.3 is 14.4 Å². The van der Waals surface area contributed by atoms with Crippen LogP contribution in [0.3, 0.4) is 0 Å². The lowest BCUT2D eigenvalue weighted by molar-refractivity contribution is 0.0206. The van der Waals surface area contributed by atoms with Crippen LogP contribution in [-0.4, -0.2) is 59.4 Å². The molecular formula is C29H37F2N5O6. The lowest BCUT2D eigenvalue weighted by Gasteiger charge is -2.40. The average molecular weight is 590 g/mol. The highest BCUT2D eigenvalue weighted by molar-refractivity contribution is 6.18. The first kappa shape index (κ1) is 32.3. The van der Waals surface area contributed by atoms with Crippen molar-refractivity contribution in [3.05, 3.63) is 59.7 Å². The molecule has 3 N–H and O–H groups in total. The number of rotatable bonds is 4. The smallest absolute Gasteiger partial charge is 0.423 e. The molecule has 0 saturated carbocycles. The zero-order chi connectivity index (χ0) is 31.4. The Labute approximate surface area is 243 Å². The predicted molar refractivity (Wildman–Crippen MR) is 152 cm³/mol. The van der Waals surface area contributed by atoms with Crippen LogP contribution in [0.1, 0.15) is 64.7 Å². The minimum absolute atomic E-state index is 0.244. The minimum atomic E-state index is -1.28. The number of likely N-dealkylation sites (tertiary alicyclic amines) is 1. The number of piperidine rings is 1. The second-order valence-corrected chi connectivity index (χ2v) is 11.8. The summed E-state index contributed by atoms with van der Waals surface area (Å²) in [5.41, 5.74) is -1.04. The predicted octanol–water partition coefficient (Wildman–Crippen LogP) is 5.34. The monoisotopic (exact) mass is 589 g/mol. The van der Waals surface area contributed by atoms with Crippen molar-refractivity contribution in [2.75, 3.05) is 22.9 Å². The number of nitrogens with zero attached hydrogens (tertiary/aromatic N) is 3. The van der Waals surface area contributed by atoms with E-state index in [1.165, 1.54) is 9.80 Å². The number of carbonyl (C=O) groups is 4. The zero-order valence-electron chi connectivity index (χ0n) is 24.6. The summed E-state index contributed by atoms with van der Waals surface area (Å²) >= 11 is 0. The van der Waals surface area contributed by atoms with E-state index in [9.17, 15) is 23.6 Å². The maximum absolute atomic E-state index is 15.3. The van der Waals surface area contributed by atoms with E-state index >= 15 is 4.39 Å². The molecule has 1 aliphatic heterocycles. The molecule has 2 aromatic carbocycles. The van der Waals surface area contributed by atoms with Crippen molar-refractivity contribution >= 4 is 35.5 Å². The fourth-order valence-corrected chi connectivity index (χ4v) is 4.35. The maximum atomic E-state index is 15.3. The van der Waals surface area contributed by atoms with Crippen LogP contribution in [0.5, 0.6) is 0 Å². The summed E-state index contributed by atoms with van der Waals surface area (Å²) in [5.74, 6) is 1.52. The summed E-state index contributed by atoms with van der Waals surface area (Å²) in [6.45, 7) is 10.4. The molecule has 0 atom stereocenters. The number of nitrogens with two attached hydrogens (primary N) is 1. The second kappa shape index (κ2) is 12.7. The van der Waals surface area contributed by atoms with Crippen LogP contribution in [0.15, 0.2) is 42.5 Å². The number of ether oxygens (including phenoxy) is 2. The lowest BCUT2D eigenvalue weighted by Crippen LogP contribution is -2.55. The lowest BCUT2D eigenvalue weighted by atomic mass is 10.0. The zero-order valence-corrected chi connectivity index (χ0v) is 24.6. The van der Waals surface area contributed by atoms with Crippen LogP contribution < -0.4 is 21.1 Å². The Morgan fingerprint density at radius 2 is 1.48 bits per heavy atom. The van der Waals surface area contributed by atoms with Gasteiger partial charge in [-0.3, -0.25) is 15.1 Å². The number of benzene rings is 2. The van der Waals surface area contributed by atoms with E-state index in [0.29, 0.717) is 29.5 Å². The summed E-state index contributed by atoms with van der Waals surface area (Å²) in [4.78, 5) is 55.9. The highest BCUT2D eigenvalue weighted by Gasteiger charge is 2.40. The topological polar surface area (TPSA) is 135 Å². The largest absolute Gasteiger partial charge is 0.444 e. The molecule has 0 bridgehead atoms. The number of urea groups is 1. The van der Waals surface area contributed by atoms with Gasteiger partial charge in [-0.1, -0.05) is 18.2 Å². The summed E-state index contributed by atoms with van der Waals surface area (Å²) in [6.07, 6.45) is -1.14. The van der Waals surface area contributed by atoms with Gasteiger partial charge >= 0.3 is 18.2 Å². The number of hydrazine groups is 1. The van der Waals surface area contributed by atoms with Gasteiger partial charge in [0.25, 0.3) is 5.91 Å². The molecule has 3 rings (SSSR count). The van der Waals surface area contributed by atoms with Crippen molar-refractivity contribution in [3.8, 4) is 0 Å². The molecule has 1 aliphatic rings. The van der Waals surface area contributed by atoms with Crippen molar-refractivity contribution < 1.29 is 37.4 Å². The van der Waals surface area contributed by atoms with Gasteiger partial charge in [0, 0.05) is 30.9 Å². The molecule has 1 saturated heterocycles. The number of hydrogen-bond acceptors (Lipinski definition) is 7. The number of imide groups is 1. The van der Waals surface area contributed by atoms with Crippen molar-refractivity contribution in [2.24, 2.45) is 5.84 Å². The van der Waals surface area contributed by atoms with Crippen LogP contribution in [0.25, 0.3) is 0 Å². The number of nitrogen functional groups attached to an aromatic ring is 1. The van der Waals surface area contributed by atoms with E-state index in [1.807, 2.05) is 0 Å². The van der Waals surface area contributed by atoms with Crippen LogP contribution in [-0.2, 0) is 9.47 Å². The standard InChI is InChI=1S/C29H37F2N5O6/c1-28(2,3)41-26(39)34-14-12-19(13-15-34)35(18-10-8-7-9-11-18)25(38)36(27(40)42-29(4,5)6)23-16-20(24(37)33-32)21(30)17-22(23)31/h7-11,16-17,19H,12-15,32H2,1-6H3,(H,33,37). The van der Waals surface area contributed by atoms with E-state index in [4.69, 9.17) is 15.3 Å². The van der Waals surface area contributed by atoms with Crippen LogP contribution in [0.4, 0.5) is 34.5 Å². The Bertz CT molecular complexity index is 1320. The summed E-state index contributed by atoms with van der Waals surface area (Å²) in [5, 5.41) is 0. The van der Waals surface area contributed by atoms with Gasteiger partial charge in [-0.25, -0.2) is 29.0 Å². The van der Waals surface area contributed by atoms with E-state index in [-0.39, 0.29) is 13.1 Å². The van der Waals surface area contributed by atoms with Crippen LogP contribution >= 0.6 is 0 Å². The highest BCUT2D eigenvalue weighted by atomic mass is 19.1. The van der Waals surface area contributed by atoms with Gasteiger partial charge in [0.05, 0.1) is 11.3 Å². The van der Waals surface area contributed by atoms with E-state index in [2.05, 4.69) is 0 Å². The molecule has 42 heavy (non-hydrogen) atoms. The summed E-state index contributed by atoms with van der Waals surface area (Å²) in [6, 6.07) is 7.95. The first-order chi connectivity index (χ1) is 19.5. The number of para-hydroxylation sites is 1. The SMILES string of the molecule is CC(C)(C)OC(=O)N1CCC(N(C(=O)N(C(=O)OC(C)(C)C)c2cc(C(=O)NN)c(F)cc2F)c2ccccc2)CC1. The van der Waals surface area contributed by atoms with Gasteiger partial charge in [-0.05, 0) is 72.6 Å². The summed E-state index contributed by atoms with van der Waals surface area (Å²) < 4.78 is 40.7. The Morgan fingerprint density at radius 3 is 2.00 bits per heavy atom. The molecular weight excluding hydrogens is 552 g/mol. The minimum Gasteiger partial charge on any atom is -0.444 e. The molecule has 0 aliphatic carbocycles. The number of amides is 5. The molecule has 2 aromatic rings. The Morgan fingerprint density at radius 1 is 0.905 bits per heavy atom. The molecule has 0 spiro atoms. The number of carbonyl (C=O) groups excluding carboxylic acids is 4.